The minimum Gasteiger partial charge on any atom is -0.338 e. The molecule has 0 aromatic carbocycles. The number of carbonyl (C=O) groups excluding carboxylic acids is 2. The summed E-state index contributed by atoms with van der Waals surface area (Å²) in [6, 6.07) is 0. The first-order valence-electron chi connectivity index (χ1n) is 26.3. The van der Waals surface area contributed by atoms with E-state index in [0.717, 1.165) is 39.3 Å². The second kappa shape index (κ2) is 45.3. The fourth-order valence-electron chi connectivity index (χ4n) is 8.30. The first kappa shape index (κ1) is 56.8. The summed E-state index contributed by atoms with van der Waals surface area (Å²) in [5.74, 6) is 0.506. The number of rotatable bonds is 42. The largest absolute Gasteiger partial charge is 0.338 e. The van der Waals surface area contributed by atoms with E-state index in [4.69, 9.17) is 0 Å². The molecule has 0 atom stereocenters. The molecule has 0 radical (unpaired) electrons. The first-order valence-corrected chi connectivity index (χ1v) is 26.3. The number of hydrogen-bond acceptors (Lipinski definition) is 5. The van der Waals surface area contributed by atoms with E-state index in [1.165, 1.54) is 199 Å². The van der Waals surface area contributed by atoms with Gasteiger partial charge in [-0.15, -0.1) is 0 Å². The average molecular weight is 820 g/mol. The van der Waals surface area contributed by atoms with E-state index in [0.29, 0.717) is 39.3 Å². The van der Waals surface area contributed by atoms with Gasteiger partial charge in [-0.25, -0.2) is 0 Å². The third kappa shape index (κ3) is 35.6. The van der Waals surface area contributed by atoms with Crippen LogP contribution < -0.4 is 5.32 Å². The van der Waals surface area contributed by atoms with Gasteiger partial charge in [0.1, 0.15) is 0 Å². The lowest BCUT2D eigenvalue weighted by Gasteiger charge is -2.37. The fourth-order valence-corrected chi connectivity index (χ4v) is 8.30. The molecule has 1 rings (SSSR count). The molecule has 0 spiro atoms. The fraction of sp³-hybridized carbons (Fsp3) is 0.961. The minimum absolute atomic E-state index is 0.245. The molecule has 1 aliphatic rings. The monoisotopic (exact) mass is 820 g/mol. The number of unbranched alkanes of at least 4 members (excludes halogenated alkanes) is 27. The van der Waals surface area contributed by atoms with E-state index < -0.39 is 0 Å². The van der Waals surface area contributed by atoms with Crippen molar-refractivity contribution < 1.29 is 9.59 Å². The van der Waals surface area contributed by atoms with Crippen molar-refractivity contribution >= 4 is 11.8 Å². The molecule has 0 aliphatic carbocycles. The van der Waals surface area contributed by atoms with Crippen molar-refractivity contribution in [3.8, 4) is 0 Å². The zero-order chi connectivity index (χ0) is 42.6. The predicted octanol–water partition coefficient (Wildman–Crippen LogP) is 13.0. The molecule has 0 aromatic rings. The van der Waals surface area contributed by atoms with Gasteiger partial charge in [-0.1, -0.05) is 215 Å². The highest BCUT2D eigenvalue weighted by atomic mass is 16.2. The maximum absolute atomic E-state index is 13.6. The Kier molecular flexibility index (Phi) is 44.4. The quantitative estimate of drug-likeness (QED) is 0.0622. The smallest absolute Gasteiger partial charge is 0.236 e. The number of hydrogen-bond donors (Lipinski definition) is 1. The van der Waals surface area contributed by atoms with Gasteiger partial charge in [0.25, 0.3) is 0 Å². The number of carbonyl (C=O) groups is 2. The number of nitrogens with one attached hydrogen (secondary N) is 1. The molecule has 7 heteroatoms. The lowest BCUT2D eigenvalue weighted by molar-refractivity contribution is -0.140. The maximum Gasteiger partial charge on any atom is 0.236 e. The third-order valence-corrected chi connectivity index (χ3v) is 12.2. The van der Waals surface area contributed by atoms with Gasteiger partial charge in [0, 0.05) is 39.3 Å². The molecule has 2 amide bonds. The molecule has 7 nitrogen and oxygen atoms in total. The maximum atomic E-state index is 13.6. The third-order valence-electron chi connectivity index (χ3n) is 12.2. The molecule has 0 saturated carbocycles. The van der Waals surface area contributed by atoms with Gasteiger partial charge in [0.15, 0.2) is 0 Å². The van der Waals surface area contributed by atoms with E-state index >= 15 is 0 Å². The zero-order valence-corrected chi connectivity index (χ0v) is 40.5. The van der Waals surface area contributed by atoms with Gasteiger partial charge >= 0.3 is 0 Å². The van der Waals surface area contributed by atoms with Crippen LogP contribution in [0.15, 0.2) is 0 Å². The Morgan fingerprint density at radius 3 is 0.931 bits per heavy atom. The molecule has 1 saturated heterocycles. The second-order valence-corrected chi connectivity index (χ2v) is 17.6. The molecular formula is C51H105N5O2. The van der Waals surface area contributed by atoms with Crippen molar-refractivity contribution in [2.45, 2.75) is 241 Å². The standard InChI is InChI=1S/C49H99N5O2.C2H6/c1-5-9-13-17-21-22-23-24-28-32-36-50-37-41-52(40-35-31-27-20-16-12-8-4)47-49(56)54-44-42-53(43-45-54)48(55)46-51(38-33-29-25-18-14-10-6-2)39-34-30-26-19-15-11-7-3;1-2/h50H,5-47H2,1-4H3;1-2H3. The van der Waals surface area contributed by atoms with E-state index in [1.54, 1.807) is 0 Å². The summed E-state index contributed by atoms with van der Waals surface area (Å²) in [5, 5.41) is 3.69. The van der Waals surface area contributed by atoms with Crippen molar-refractivity contribution in [3.05, 3.63) is 0 Å². The molecule has 1 aliphatic heterocycles. The highest BCUT2D eigenvalue weighted by Crippen LogP contribution is 2.14. The van der Waals surface area contributed by atoms with Gasteiger partial charge in [0.05, 0.1) is 13.1 Å². The zero-order valence-electron chi connectivity index (χ0n) is 40.5. The van der Waals surface area contributed by atoms with Gasteiger partial charge in [-0.2, -0.15) is 0 Å². The first-order chi connectivity index (χ1) is 28.5. The second-order valence-electron chi connectivity index (χ2n) is 17.6. The summed E-state index contributed by atoms with van der Waals surface area (Å²) in [4.78, 5) is 36.1. The van der Waals surface area contributed by atoms with Crippen LogP contribution in [0.1, 0.15) is 241 Å². The van der Waals surface area contributed by atoms with Crippen LogP contribution in [0.25, 0.3) is 0 Å². The summed E-state index contributed by atoms with van der Waals surface area (Å²) >= 11 is 0. The van der Waals surface area contributed by atoms with E-state index in [1.807, 2.05) is 23.6 Å². The summed E-state index contributed by atoms with van der Waals surface area (Å²) in [6.45, 7) is 22.9. The van der Waals surface area contributed by atoms with Gasteiger partial charge in [0.2, 0.25) is 11.8 Å². The van der Waals surface area contributed by atoms with Gasteiger partial charge < -0.3 is 15.1 Å². The molecule has 1 N–H and O–H groups in total. The average Bonchev–Trinajstić information content (AvgIpc) is 3.24. The van der Waals surface area contributed by atoms with Crippen molar-refractivity contribution in [3.63, 3.8) is 0 Å². The normalized spacial score (nSPS) is 13.1. The van der Waals surface area contributed by atoms with Crippen LogP contribution in [-0.4, -0.2) is 110 Å². The SMILES string of the molecule is CC.CCCCCCCCCCCCNCCN(CCCCCCCCC)CC(=O)N1CCN(C(=O)CN(CCCCCCCCC)CCCCCCCCC)CC1. The molecule has 1 fully saturated rings. The molecular weight excluding hydrogens is 715 g/mol. The van der Waals surface area contributed by atoms with Gasteiger partial charge in [-0.05, 0) is 51.9 Å². The number of nitrogens with zero attached hydrogens (tertiary/aromatic N) is 4. The Labute approximate surface area is 364 Å². The van der Waals surface area contributed by atoms with E-state index in [9.17, 15) is 9.59 Å². The van der Waals surface area contributed by atoms with Crippen molar-refractivity contribution in [2.24, 2.45) is 0 Å². The number of amides is 2. The summed E-state index contributed by atoms with van der Waals surface area (Å²) in [6.07, 6.45) is 41.1. The minimum atomic E-state index is 0.245. The van der Waals surface area contributed by atoms with Crippen LogP contribution in [0.2, 0.25) is 0 Å². The lowest BCUT2D eigenvalue weighted by atomic mass is 10.1. The molecule has 1 heterocycles. The molecule has 0 bridgehead atoms. The predicted molar refractivity (Wildman–Crippen MR) is 256 cm³/mol. The molecule has 58 heavy (non-hydrogen) atoms. The molecule has 346 valence electrons. The van der Waals surface area contributed by atoms with Crippen LogP contribution in [0.5, 0.6) is 0 Å². The Morgan fingerprint density at radius 1 is 0.362 bits per heavy atom. The summed E-state index contributed by atoms with van der Waals surface area (Å²) < 4.78 is 0. The Morgan fingerprint density at radius 2 is 0.621 bits per heavy atom. The Hall–Kier alpha value is -1.18. The van der Waals surface area contributed by atoms with Crippen LogP contribution in [0.4, 0.5) is 0 Å². The molecule has 0 unspecified atom stereocenters. The van der Waals surface area contributed by atoms with Crippen molar-refractivity contribution in [1.82, 2.24) is 24.9 Å². The highest BCUT2D eigenvalue weighted by molar-refractivity contribution is 5.80. The summed E-state index contributed by atoms with van der Waals surface area (Å²) in [5.41, 5.74) is 0. The van der Waals surface area contributed by atoms with Crippen molar-refractivity contribution in [1.29, 1.82) is 0 Å². The van der Waals surface area contributed by atoms with Crippen LogP contribution in [-0.2, 0) is 9.59 Å². The van der Waals surface area contributed by atoms with E-state index in [2.05, 4.69) is 42.8 Å². The van der Waals surface area contributed by atoms with Crippen LogP contribution in [0, 0.1) is 0 Å². The lowest BCUT2D eigenvalue weighted by Crippen LogP contribution is -2.54. The van der Waals surface area contributed by atoms with E-state index in [-0.39, 0.29) is 11.8 Å². The summed E-state index contributed by atoms with van der Waals surface area (Å²) in [7, 11) is 0. The van der Waals surface area contributed by atoms with Crippen molar-refractivity contribution in [2.75, 3.05) is 78.5 Å². The Balaban J connectivity index is 0.0000160. The van der Waals surface area contributed by atoms with Crippen LogP contribution >= 0.6 is 0 Å². The highest BCUT2D eigenvalue weighted by Gasteiger charge is 2.26. The van der Waals surface area contributed by atoms with Gasteiger partial charge in [-0.3, -0.25) is 19.4 Å². The molecule has 0 aromatic heterocycles. The topological polar surface area (TPSA) is 59.1 Å². The van der Waals surface area contributed by atoms with Crippen LogP contribution in [0.3, 0.4) is 0 Å². The Bertz CT molecular complexity index is 831. The number of piperazine rings is 1.